The van der Waals surface area contributed by atoms with E-state index in [1.54, 1.807) is 74.9 Å². The van der Waals surface area contributed by atoms with Gasteiger partial charge in [0.2, 0.25) is 5.91 Å². The van der Waals surface area contributed by atoms with Crippen LogP contribution in [-0.2, 0) is 20.7 Å². The molecule has 4 amide bonds. The first-order chi connectivity index (χ1) is 17.8. The minimum Gasteiger partial charge on any atom is -0.444 e. The number of anilines is 1. The Morgan fingerprint density at radius 2 is 1.63 bits per heavy atom. The Bertz CT molecular complexity index is 1260. The van der Waals surface area contributed by atoms with E-state index in [1.807, 2.05) is 6.07 Å². The number of carbonyl (C=O) groups excluding carboxylic acids is 4. The second-order valence-electron chi connectivity index (χ2n) is 10.6. The van der Waals surface area contributed by atoms with Gasteiger partial charge in [0, 0.05) is 56.2 Å². The highest BCUT2D eigenvalue weighted by atomic mass is 16.6. The number of pyridine rings is 1. The van der Waals surface area contributed by atoms with E-state index in [9.17, 15) is 24.0 Å². The van der Waals surface area contributed by atoms with Crippen molar-refractivity contribution in [1.82, 2.24) is 19.7 Å². The van der Waals surface area contributed by atoms with Gasteiger partial charge in [-0.1, -0.05) is 12.1 Å². The maximum atomic E-state index is 13.0. The first-order valence-electron chi connectivity index (χ1n) is 12.4. The Kier molecular flexibility index (Phi) is 8.60. The minimum atomic E-state index is -1.18. The summed E-state index contributed by atoms with van der Waals surface area (Å²) in [4.78, 5) is 64.6. The molecule has 1 aromatic heterocycles. The van der Waals surface area contributed by atoms with Crippen molar-refractivity contribution in [1.29, 1.82) is 0 Å². The van der Waals surface area contributed by atoms with Crippen molar-refractivity contribution in [3.8, 4) is 5.69 Å². The van der Waals surface area contributed by atoms with Crippen LogP contribution in [0, 0.1) is 0 Å². The largest absolute Gasteiger partial charge is 0.444 e. The Morgan fingerprint density at radius 3 is 2.24 bits per heavy atom. The van der Waals surface area contributed by atoms with Crippen molar-refractivity contribution in [2.24, 2.45) is 0 Å². The van der Waals surface area contributed by atoms with Crippen molar-refractivity contribution in [3.63, 3.8) is 0 Å². The summed E-state index contributed by atoms with van der Waals surface area (Å²) in [6, 6.07) is 9.68. The molecule has 0 radical (unpaired) electrons. The van der Waals surface area contributed by atoms with Crippen LogP contribution >= 0.6 is 0 Å². The van der Waals surface area contributed by atoms with Gasteiger partial charge in [0.1, 0.15) is 17.4 Å². The topological polar surface area (TPSA) is 130 Å². The van der Waals surface area contributed by atoms with Crippen LogP contribution in [0.15, 0.2) is 47.4 Å². The Hall–Kier alpha value is -4.15. The van der Waals surface area contributed by atoms with Gasteiger partial charge in [-0.15, -0.1) is 0 Å². The summed E-state index contributed by atoms with van der Waals surface area (Å²) in [6.07, 6.45) is 1.95. The molecule has 11 heteroatoms. The number of alkyl carbamates (subject to hydrolysis) is 1. The first kappa shape index (κ1) is 28.4. The van der Waals surface area contributed by atoms with Gasteiger partial charge in [0.15, 0.2) is 0 Å². The molecular weight excluding hydrogens is 490 g/mol. The van der Waals surface area contributed by atoms with Gasteiger partial charge in [-0.05, 0) is 58.4 Å². The maximum absolute atomic E-state index is 13.0. The van der Waals surface area contributed by atoms with Crippen LogP contribution in [0.2, 0.25) is 0 Å². The fourth-order valence-corrected chi connectivity index (χ4v) is 4.02. The second-order valence-corrected chi connectivity index (χ2v) is 10.6. The van der Waals surface area contributed by atoms with E-state index in [-0.39, 0.29) is 23.9 Å². The van der Waals surface area contributed by atoms with E-state index in [0.29, 0.717) is 37.6 Å². The Morgan fingerprint density at radius 1 is 0.974 bits per heavy atom. The number of aldehydes is 1. The summed E-state index contributed by atoms with van der Waals surface area (Å²) < 4.78 is 6.69. The van der Waals surface area contributed by atoms with Crippen LogP contribution in [0.3, 0.4) is 0 Å². The van der Waals surface area contributed by atoms with Gasteiger partial charge in [0.05, 0.1) is 0 Å². The summed E-state index contributed by atoms with van der Waals surface area (Å²) in [6.45, 7) is 9.62. The lowest BCUT2D eigenvalue weighted by Gasteiger charge is -2.38. The molecule has 0 atom stereocenters. The number of amides is 4. The van der Waals surface area contributed by atoms with E-state index >= 15 is 0 Å². The lowest BCUT2D eigenvalue weighted by molar-refractivity contribution is -0.138. The number of nitrogens with one attached hydrogen (secondary N) is 2. The summed E-state index contributed by atoms with van der Waals surface area (Å²) in [7, 11) is 0. The fourth-order valence-electron chi connectivity index (χ4n) is 4.02. The molecule has 1 fully saturated rings. The quantitative estimate of drug-likeness (QED) is 0.558. The summed E-state index contributed by atoms with van der Waals surface area (Å²) in [5, 5.41) is 5.35. The van der Waals surface area contributed by atoms with Gasteiger partial charge < -0.3 is 30.0 Å². The summed E-state index contributed by atoms with van der Waals surface area (Å²) in [5.41, 5.74) is -0.428. The number of hydrogen-bond acceptors (Lipinski definition) is 6. The van der Waals surface area contributed by atoms with E-state index in [2.05, 4.69) is 10.6 Å². The number of ether oxygens (including phenoxy) is 1. The molecule has 2 aromatic rings. The third-order valence-corrected chi connectivity index (χ3v) is 5.88. The van der Waals surface area contributed by atoms with Crippen molar-refractivity contribution in [2.45, 2.75) is 52.2 Å². The average Bonchev–Trinajstić information content (AvgIpc) is 2.82. The van der Waals surface area contributed by atoms with E-state index in [0.717, 1.165) is 11.8 Å². The minimum absolute atomic E-state index is 0.257. The van der Waals surface area contributed by atoms with E-state index in [4.69, 9.17) is 4.74 Å². The van der Waals surface area contributed by atoms with Crippen molar-refractivity contribution < 1.29 is 23.9 Å². The lowest BCUT2D eigenvalue weighted by Crippen LogP contribution is -2.60. The fraction of sp³-hybridized carbons (Fsp3) is 0.444. The molecule has 1 saturated heterocycles. The molecule has 1 aliphatic rings. The van der Waals surface area contributed by atoms with Crippen LogP contribution < -0.4 is 16.2 Å². The third kappa shape index (κ3) is 7.44. The molecule has 1 aromatic carbocycles. The van der Waals surface area contributed by atoms with Crippen LogP contribution in [0.1, 0.15) is 40.2 Å². The monoisotopic (exact) mass is 525 g/mol. The third-order valence-electron chi connectivity index (χ3n) is 5.88. The van der Waals surface area contributed by atoms with Crippen molar-refractivity contribution in [2.75, 3.05) is 31.5 Å². The summed E-state index contributed by atoms with van der Waals surface area (Å²) in [5.74, 6) is -0.274. The molecule has 204 valence electrons. The second kappa shape index (κ2) is 11.5. The molecular formula is C27H35N5O6. The summed E-state index contributed by atoms with van der Waals surface area (Å²) >= 11 is 0. The highest BCUT2D eigenvalue weighted by molar-refractivity contribution is 5.91. The predicted molar refractivity (Wildman–Crippen MR) is 142 cm³/mol. The zero-order valence-corrected chi connectivity index (χ0v) is 22.4. The number of aromatic nitrogens is 1. The predicted octanol–water partition coefficient (Wildman–Crippen LogP) is 2.56. The number of urea groups is 1. The molecule has 0 bridgehead atoms. The highest BCUT2D eigenvalue weighted by Gasteiger charge is 2.36. The van der Waals surface area contributed by atoms with E-state index in [1.165, 1.54) is 10.6 Å². The smallest absolute Gasteiger partial charge is 0.408 e. The zero-order valence-electron chi connectivity index (χ0n) is 22.4. The van der Waals surface area contributed by atoms with Gasteiger partial charge in [-0.25, -0.2) is 9.59 Å². The van der Waals surface area contributed by atoms with Crippen LogP contribution in [0.4, 0.5) is 15.3 Å². The molecule has 38 heavy (non-hydrogen) atoms. The van der Waals surface area contributed by atoms with Gasteiger partial charge in [-0.2, -0.15) is 0 Å². The number of hydrogen-bond donors (Lipinski definition) is 2. The molecule has 3 rings (SSSR count). The molecule has 2 N–H and O–H groups in total. The number of carbonyl (C=O) groups is 4. The number of rotatable bonds is 6. The van der Waals surface area contributed by atoms with Gasteiger partial charge in [0.25, 0.3) is 5.56 Å². The van der Waals surface area contributed by atoms with Crippen molar-refractivity contribution in [3.05, 3.63) is 58.5 Å². The molecule has 0 aliphatic carbocycles. The van der Waals surface area contributed by atoms with Crippen molar-refractivity contribution >= 4 is 30.0 Å². The molecule has 2 heterocycles. The lowest BCUT2D eigenvalue weighted by atomic mass is 10.0. The average molecular weight is 526 g/mol. The molecule has 11 nitrogen and oxygen atoms in total. The zero-order chi connectivity index (χ0) is 28.1. The Labute approximate surface area is 221 Å². The molecule has 1 aliphatic heterocycles. The van der Waals surface area contributed by atoms with Crippen LogP contribution in [0.25, 0.3) is 5.69 Å². The SMILES string of the molecule is CC(C)(C)OC(=O)NC(C)(C)C(=O)N1CCN(C(=O)Nc2ccn(-c3cccc(CC=O)c3)c(=O)c2)CC1. The van der Waals surface area contributed by atoms with Crippen LogP contribution in [0.5, 0.6) is 0 Å². The molecule has 0 saturated carbocycles. The molecule has 0 spiro atoms. The number of piperazine rings is 1. The Balaban J connectivity index is 1.56. The number of nitrogens with zero attached hydrogens (tertiary/aromatic N) is 3. The standard InChI is InChI=1S/C27H35N5O6/c1-26(2,3)38-25(37)29-27(4,5)23(35)30-12-14-31(15-13-30)24(36)28-20-9-11-32(22(34)18-20)21-8-6-7-19(17-21)10-16-33/h6-9,11,16-18H,10,12-15H2,1-5H3,(H,28,36)(H,29,37). The van der Waals surface area contributed by atoms with E-state index < -0.39 is 17.2 Å². The maximum Gasteiger partial charge on any atom is 0.408 e. The normalized spacial score (nSPS) is 14.0. The number of benzene rings is 1. The first-order valence-corrected chi connectivity index (χ1v) is 12.4. The van der Waals surface area contributed by atoms with Gasteiger partial charge in [-0.3, -0.25) is 14.2 Å². The van der Waals surface area contributed by atoms with Gasteiger partial charge >= 0.3 is 12.1 Å². The molecule has 0 unspecified atom stereocenters. The van der Waals surface area contributed by atoms with Crippen LogP contribution in [-0.4, -0.2) is 76.0 Å². The highest BCUT2D eigenvalue weighted by Crippen LogP contribution is 2.15.